The van der Waals surface area contributed by atoms with E-state index in [0.29, 0.717) is 17.5 Å². The largest absolute Gasteiger partial charge is 0.450 e. The highest BCUT2D eigenvalue weighted by Gasteiger charge is 2.67. The summed E-state index contributed by atoms with van der Waals surface area (Å²) in [6.07, 6.45) is -1.40. The molecular weight excluding hydrogens is 937 g/mol. The van der Waals surface area contributed by atoms with Gasteiger partial charge < -0.3 is 29.3 Å². The number of thiazole rings is 1. The van der Waals surface area contributed by atoms with Crippen molar-refractivity contribution in [3.8, 4) is 0 Å². The first-order valence-corrected chi connectivity index (χ1v) is 24.4. The summed E-state index contributed by atoms with van der Waals surface area (Å²) in [4.78, 5) is 95.6. The van der Waals surface area contributed by atoms with Crippen molar-refractivity contribution in [1.29, 1.82) is 0 Å². The average molecular weight is 987 g/mol. The molecule has 1 aliphatic carbocycles. The van der Waals surface area contributed by atoms with Crippen LogP contribution < -0.4 is 16.5 Å². The monoisotopic (exact) mass is 986 g/mol. The van der Waals surface area contributed by atoms with Gasteiger partial charge in [0, 0.05) is 24.8 Å². The van der Waals surface area contributed by atoms with E-state index in [1.54, 1.807) is 20.8 Å². The maximum Gasteiger partial charge on any atom is 0.413 e. The Hall–Kier alpha value is -7.29. The van der Waals surface area contributed by atoms with Crippen LogP contribution in [0.4, 0.5) is 14.7 Å². The number of rotatable bonds is 15. The van der Waals surface area contributed by atoms with Crippen molar-refractivity contribution in [2.45, 2.75) is 79.7 Å². The Kier molecular flexibility index (Phi) is 13.4. The van der Waals surface area contributed by atoms with Gasteiger partial charge in [-0.25, -0.2) is 30.0 Å². The van der Waals surface area contributed by atoms with Gasteiger partial charge in [0.05, 0.1) is 13.1 Å². The average Bonchev–Trinajstić information content (AvgIpc) is 4.06. The Balaban J connectivity index is 0.994. The number of oxime groups is 1. The van der Waals surface area contributed by atoms with Gasteiger partial charge in [-0.3, -0.25) is 24.8 Å². The number of benzene rings is 4. The number of nitrogens with two attached hydrogens (primary N) is 1. The lowest BCUT2D eigenvalue weighted by atomic mass is 9.80. The number of amides is 5. The Bertz CT molecular complexity index is 2710. The minimum atomic E-state index is -1.77. The molecule has 0 spiro atoms. The van der Waals surface area contributed by atoms with E-state index >= 15 is 0 Å². The van der Waals surface area contributed by atoms with Crippen LogP contribution in [0.1, 0.15) is 80.2 Å². The smallest absolute Gasteiger partial charge is 0.413 e. The molecule has 0 bridgehead atoms. The van der Waals surface area contributed by atoms with E-state index in [-0.39, 0.29) is 43.3 Å². The molecule has 9 rings (SSSR count). The Morgan fingerprint density at radius 3 is 1.79 bits per heavy atom. The quantitative estimate of drug-likeness (QED) is 0.0194. The minimum absolute atomic E-state index is 0.0537. The summed E-state index contributed by atoms with van der Waals surface area (Å²) in [7, 11) is 0. The normalized spacial score (nSPS) is 20.6. The van der Waals surface area contributed by atoms with Gasteiger partial charge >= 0.3 is 24.1 Å². The molecule has 362 valence electrons. The van der Waals surface area contributed by atoms with E-state index in [2.05, 4.69) is 20.8 Å². The number of anilines is 1. The molecule has 3 saturated heterocycles. The highest BCUT2D eigenvalue weighted by molar-refractivity contribution is 8.02. The van der Waals surface area contributed by atoms with Crippen LogP contribution >= 0.6 is 23.1 Å². The van der Waals surface area contributed by atoms with E-state index in [0.717, 1.165) is 39.2 Å². The molecule has 4 N–H and O–H groups in total. The van der Waals surface area contributed by atoms with Crippen LogP contribution in [0.2, 0.25) is 0 Å². The standard InChI is InChI=1S/C50H50N8O10S2/c1-48(2,3)67-46(63)54-45-52-35(29-69-45)36(55-68-49(25-16-26-49)43(61)65-38(31-17-8-4-9-18-31)32-19-10-5-11-20-32)40(59)53-37-41(60)56-30-50(70-42(37)56,57-27-28-58(51)47(57)64)44(62)66-39(33-21-12-6-13-22-33)34-23-14-7-15-24-34/h4-15,17-24,29,37-39,42H,16,25-28,30,51H2,1-3H3,(H,53,59)(H,52,54,63)/b55-36-/t37-,42-,50-/m1/s1. The second-order valence-corrected chi connectivity index (χ2v) is 20.3. The van der Waals surface area contributed by atoms with E-state index in [9.17, 15) is 28.8 Å². The number of nitrogens with one attached hydrogen (secondary N) is 2. The predicted octanol–water partition coefficient (Wildman–Crippen LogP) is 6.51. The Labute approximate surface area is 411 Å². The second-order valence-electron chi connectivity index (χ2n) is 18.1. The van der Waals surface area contributed by atoms with E-state index < -0.39 is 81.3 Å². The first kappa shape index (κ1) is 47.8. The third-order valence-corrected chi connectivity index (χ3v) is 14.6. The maximum atomic E-state index is 14.8. The fourth-order valence-corrected chi connectivity index (χ4v) is 10.8. The summed E-state index contributed by atoms with van der Waals surface area (Å²) in [6.45, 7) is 5.03. The summed E-state index contributed by atoms with van der Waals surface area (Å²) in [6, 6.07) is 34.9. The number of carbonyl (C=O) groups excluding carboxylic acids is 6. The van der Waals surface area contributed by atoms with Gasteiger partial charge in [-0.1, -0.05) is 138 Å². The molecule has 18 nitrogen and oxygen atoms in total. The van der Waals surface area contributed by atoms with Crippen LogP contribution in [0.25, 0.3) is 0 Å². The van der Waals surface area contributed by atoms with Crippen molar-refractivity contribution in [2.24, 2.45) is 11.0 Å². The zero-order valence-corrected chi connectivity index (χ0v) is 40.0. The van der Waals surface area contributed by atoms with Gasteiger partial charge in [0.1, 0.15) is 22.7 Å². The van der Waals surface area contributed by atoms with Gasteiger partial charge in [0.2, 0.25) is 16.4 Å². The number of carbonyl (C=O) groups is 6. The minimum Gasteiger partial charge on any atom is -0.450 e. The highest BCUT2D eigenvalue weighted by atomic mass is 32.2. The van der Waals surface area contributed by atoms with Crippen LogP contribution in [-0.2, 0) is 38.2 Å². The SMILES string of the molecule is CC(C)(C)OC(=O)Nc1nc(/C(=N/OC2(C(=O)OC(c3ccccc3)c3ccccc3)CCC2)C(=O)N[C@@H]2C(=O)N3C[C@@](C(=O)OC(c4ccccc4)c4ccccc4)(N4CCN(N)C4=O)S[C@H]23)cs1. The van der Waals surface area contributed by atoms with Gasteiger partial charge in [0.25, 0.3) is 5.91 Å². The molecule has 4 heterocycles. The first-order valence-electron chi connectivity index (χ1n) is 22.6. The fourth-order valence-electron chi connectivity index (χ4n) is 8.48. The van der Waals surface area contributed by atoms with Crippen LogP contribution in [0, 0.1) is 0 Å². The molecule has 4 fully saturated rings. The molecule has 5 amide bonds. The number of urea groups is 1. The summed E-state index contributed by atoms with van der Waals surface area (Å²) < 4.78 is 17.9. The van der Waals surface area contributed by atoms with Crippen molar-refractivity contribution in [3.63, 3.8) is 0 Å². The third-order valence-electron chi connectivity index (χ3n) is 12.2. The van der Waals surface area contributed by atoms with Crippen LogP contribution in [0.3, 0.4) is 0 Å². The first-order chi connectivity index (χ1) is 33.6. The summed E-state index contributed by atoms with van der Waals surface area (Å²) in [5.41, 5.74) is -0.0409. The number of hydrazine groups is 1. The molecule has 5 aromatic rings. The van der Waals surface area contributed by atoms with Gasteiger partial charge in [-0.05, 0) is 49.4 Å². The van der Waals surface area contributed by atoms with Gasteiger partial charge in [-0.2, -0.15) is 0 Å². The van der Waals surface area contributed by atoms with E-state index in [1.165, 1.54) is 15.2 Å². The van der Waals surface area contributed by atoms with Crippen molar-refractivity contribution in [3.05, 3.63) is 155 Å². The van der Waals surface area contributed by atoms with Crippen LogP contribution in [-0.4, -0.2) is 109 Å². The molecule has 4 aromatic carbocycles. The van der Waals surface area contributed by atoms with E-state index in [4.69, 9.17) is 24.9 Å². The van der Waals surface area contributed by atoms with Crippen LogP contribution in [0.5, 0.6) is 0 Å². The lowest BCUT2D eigenvalue weighted by Crippen LogP contribution is -2.68. The molecule has 4 aliphatic rings. The zero-order chi connectivity index (χ0) is 49.2. The molecule has 20 heteroatoms. The highest BCUT2D eigenvalue weighted by Crippen LogP contribution is 2.51. The number of aromatic nitrogens is 1. The summed E-state index contributed by atoms with van der Waals surface area (Å²) in [5.74, 6) is 3.11. The van der Waals surface area contributed by atoms with Crippen molar-refractivity contribution >= 4 is 69.8 Å². The second kappa shape index (κ2) is 19.6. The van der Waals surface area contributed by atoms with Crippen molar-refractivity contribution in [1.82, 2.24) is 25.1 Å². The number of hydrogen-bond acceptors (Lipinski definition) is 15. The number of β-lactam (4-membered cyclic amide) rings is 1. The topological polar surface area (TPSA) is 224 Å². The number of esters is 2. The number of hydrogen-bond donors (Lipinski definition) is 3. The van der Waals surface area contributed by atoms with Crippen molar-refractivity contribution < 1.29 is 47.8 Å². The number of fused-ring (bicyclic) bond motifs is 1. The summed E-state index contributed by atoms with van der Waals surface area (Å²) in [5, 5.41) is 11.3. The predicted molar refractivity (Wildman–Crippen MR) is 259 cm³/mol. The van der Waals surface area contributed by atoms with Gasteiger partial charge in [-0.15, -0.1) is 11.3 Å². The molecule has 0 unspecified atom stereocenters. The number of thioether (sulfide) groups is 1. The lowest BCUT2D eigenvalue weighted by Gasteiger charge is -2.41. The fraction of sp³-hybridized carbons (Fsp3) is 0.320. The Morgan fingerprint density at radius 2 is 1.31 bits per heavy atom. The number of ether oxygens (including phenoxy) is 3. The molecule has 70 heavy (non-hydrogen) atoms. The van der Waals surface area contributed by atoms with E-state index in [1.807, 2.05) is 121 Å². The molecule has 1 aromatic heterocycles. The maximum absolute atomic E-state index is 14.8. The third kappa shape index (κ3) is 9.66. The zero-order valence-electron chi connectivity index (χ0n) is 38.4. The molecule has 0 radical (unpaired) electrons. The lowest BCUT2D eigenvalue weighted by molar-refractivity contribution is -0.189. The molecule has 3 atom stereocenters. The molecular formula is C50H50N8O10S2. The van der Waals surface area contributed by atoms with Crippen molar-refractivity contribution in [2.75, 3.05) is 25.0 Å². The van der Waals surface area contributed by atoms with Gasteiger partial charge in [0.15, 0.2) is 23.1 Å². The number of nitrogens with zero attached hydrogens (tertiary/aromatic N) is 5. The molecule has 3 aliphatic heterocycles. The molecule has 1 saturated carbocycles. The Morgan fingerprint density at radius 1 is 0.786 bits per heavy atom. The summed E-state index contributed by atoms with van der Waals surface area (Å²) >= 11 is 1.97. The van der Waals surface area contributed by atoms with Crippen LogP contribution in [0.15, 0.2) is 132 Å².